The molecule has 2 aromatic rings. The van der Waals surface area contributed by atoms with Crippen LogP contribution in [-0.4, -0.2) is 19.2 Å². The van der Waals surface area contributed by atoms with Crippen LogP contribution < -0.4 is 20.5 Å². The number of nitrogens with zero attached hydrogens (tertiary/aromatic N) is 1. The van der Waals surface area contributed by atoms with Crippen molar-refractivity contribution >= 4 is 11.6 Å². The van der Waals surface area contributed by atoms with Crippen molar-refractivity contribution < 1.29 is 13.9 Å². The van der Waals surface area contributed by atoms with Crippen LogP contribution in [0.1, 0.15) is 24.4 Å². The number of para-hydroxylation sites is 1. The van der Waals surface area contributed by atoms with Crippen molar-refractivity contribution in [3.8, 4) is 5.75 Å². The number of hydrogen-bond donors (Lipinski definition) is 2. The standard InChI is InChI=1S/C19H20FN3O2/c1-25-13-7-8-14(16(20)11-13)17-10-9-15-18(21-17)22-23(19(15)24)12-5-3-2-4-6-12/h2-8,11,15,17-18,21-22H,9-10H2,1H3. The van der Waals surface area contributed by atoms with Crippen LogP contribution in [0.5, 0.6) is 5.75 Å². The highest BCUT2D eigenvalue weighted by Crippen LogP contribution is 2.35. The molecule has 3 unspecified atom stereocenters. The molecule has 2 aromatic carbocycles. The predicted molar refractivity (Wildman–Crippen MR) is 92.4 cm³/mol. The largest absolute Gasteiger partial charge is 0.497 e. The molecule has 2 aliphatic rings. The molecular formula is C19H20FN3O2. The normalized spacial score (nSPS) is 25.8. The molecule has 0 aromatic heterocycles. The summed E-state index contributed by atoms with van der Waals surface area (Å²) in [7, 11) is 1.52. The van der Waals surface area contributed by atoms with Gasteiger partial charge in [-0.1, -0.05) is 24.3 Å². The van der Waals surface area contributed by atoms with Gasteiger partial charge >= 0.3 is 0 Å². The number of halogens is 1. The number of anilines is 1. The molecule has 0 bridgehead atoms. The van der Waals surface area contributed by atoms with Gasteiger partial charge in [-0.25, -0.2) is 14.8 Å². The third-order valence-electron chi connectivity index (χ3n) is 4.95. The molecule has 6 heteroatoms. The van der Waals surface area contributed by atoms with Crippen molar-refractivity contribution in [3.05, 3.63) is 59.9 Å². The van der Waals surface area contributed by atoms with Gasteiger partial charge in [0.2, 0.25) is 5.91 Å². The molecule has 5 nitrogen and oxygen atoms in total. The Morgan fingerprint density at radius 1 is 1.16 bits per heavy atom. The van der Waals surface area contributed by atoms with Crippen molar-refractivity contribution in [1.29, 1.82) is 0 Å². The number of hydrogen-bond acceptors (Lipinski definition) is 4. The summed E-state index contributed by atoms with van der Waals surface area (Å²) >= 11 is 0. The van der Waals surface area contributed by atoms with Gasteiger partial charge < -0.3 is 4.74 Å². The number of benzene rings is 2. The van der Waals surface area contributed by atoms with Crippen LogP contribution >= 0.6 is 0 Å². The maximum Gasteiger partial charge on any atom is 0.247 e. The molecule has 0 spiro atoms. The molecule has 1 amide bonds. The summed E-state index contributed by atoms with van der Waals surface area (Å²) in [6.07, 6.45) is 1.22. The first-order valence-corrected chi connectivity index (χ1v) is 8.42. The lowest BCUT2D eigenvalue weighted by molar-refractivity contribution is -0.121. The first-order chi connectivity index (χ1) is 12.2. The first kappa shape index (κ1) is 16.1. The zero-order valence-electron chi connectivity index (χ0n) is 13.9. The van der Waals surface area contributed by atoms with Gasteiger partial charge in [0.25, 0.3) is 0 Å². The Balaban J connectivity index is 1.53. The van der Waals surface area contributed by atoms with E-state index < -0.39 is 0 Å². The topological polar surface area (TPSA) is 53.6 Å². The first-order valence-electron chi connectivity index (χ1n) is 8.42. The van der Waals surface area contributed by atoms with E-state index in [2.05, 4.69) is 10.7 Å². The zero-order valence-corrected chi connectivity index (χ0v) is 13.9. The van der Waals surface area contributed by atoms with E-state index in [1.165, 1.54) is 13.2 Å². The molecule has 130 valence electrons. The smallest absolute Gasteiger partial charge is 0.247 e. The molecule has 2 heterocycles. The third-order valence-corrected chi connectivity index (χ3v) is 4.95. The molecule has 0 saturated carbocycles. The van der Waals surface area contributed by atoms with E-state index >= 15 is 0 Å². The molecule has 0 aliphatic carbocycles. The quantitative estimate of drug-likeness (QED) is 0.901. The number of hydrazine groups is 1. The Morgan fingerprint density at radius 2 is 1.96 bits per heavy atom. The minimum absolute atomic E-state index is 0.0531. The molecule has 4 rings (SSSR count). The molecule has 0 radical (unpaired) electrons. The fourth-order valence-electron chi connectivity index (χ4n) is 3.63. The summed E-state index contributed by atoms with van der Waals surface area (Å²) in [5.74, 6) is 0.119. The van der Waals surface area contributed by atoms with Crippen LogP contribution in [0, 0.1) is 11.7 Å². The second kappa shape index (κ2) is 6.46. The summed E-state index contributed by atoms with van der Waals surface area (Å²) in [4.78, 5) is 12.7. The van der Waals surface area contributed by atoms with E-state index in [-0.39, 0.29) is 29.8 Å². The number of fused-ring (bicyclic) bond motifs is 1. The Morgan fingerprint density at radius 3 is 2.68 bits per heavy atom. The average molecular weight is 341 g/mol. The molecule has 2 fully saturated rings. The summed E-state index contributed by atoms with van der Waals surface area (Å²) in [5, 5.41) is 4.98. The second-order valence-electron chi connectivity index (χ2n) is 6.41. The number of carbonyl (C=O) groups is 1. The predicted octanol–water partition coefficient (Wildman–Crippen LogP) is 2.75. The van der Waals surface area contributed by atoms with Crippen LogP contribution in [0.2, 0.25) is 0 Å². The lowest BCUT2D eigenvalue weighted by atomic mass is 9.88. The molecule has 2 saturated heterocycles. The Kier molecular flexibility index (Phi) is 4.15. The molecular weight excluding hydrogens is 321 g/mol. The lowest BCUT2D eigenvalue weighted by Crippen LogP contribution is -2.49. The van der Waals surface area contributed by atoms with E-state index in [1.54, 1.807) is 17.1 Å². The van der Waals surface area contributed by atoms with E-state index in [1.807, 2.05) is 30.3 Å². The molecule has 3 atom stereocenters. The maximum atomic E-state index is 14.4. The number of amides is 1. The van der Waals surface area contributed by atoms with Crippen LogP contribution in [-0.2, 0) is 4.79 Å². The molecule has 2 N–H and O–H groups in total. The number of piperidine rings is 1. The van der Waals surface area contributed by atoms with Crippen LogP contribution in [0.3, 0.4) is 0 Å². The number of methoxy groups -OCH3 is 1. The summed E-state index contributed by atoms with van der Waals surface area (Å²) in [6, 6.07) is 14.3. The van der Waals surface area contributed by atoms with Gasteiger partial charge in [0.15, 0.2) is 0 Å². The number of rotatable bonds is 3. The number of nitrogens with one attached hydrogen (secondary N) is 2. The monoisotopic (exact) mass is 341 g/mol. The van der Waals surface area contributed by atoms with Crippen molar-refractivity contribution in [2.45, 2.75) is 25.0 Å². The second-order valence-corrected chi connectivity index (χ2v) is 6.41. The molecule has 25 heavy (non-hydrogen) atoms. The minimum Gasteiger partial charge on any atom is -0.497 e. The van der Waals surface area contributed by atoms with Crippen LogP contribution in [0.25, 0.3) is 0 Å². The third kappa shape index (κ3) is 2.88. The highest BCUT2D eigenvalue weighted by molar-refractivity contribution is 5.96. The van der Waals surface area contributed by atoms with E-state index in [9.17, 15) is 9.18 Å². The lowest BCUT2D eigenvalue weighted by Gasteiger charge is -2.31. The fourth-order valence-corrected chi connectivity index (χ4v) is 3.63. The van der Waals surface area contributed by atoms with E-state index in [0.717, 1.165) is 5.69 Å². The number of carbonyl (C=O) groups excluding carboxylic acids is 1. The van der Waals surface area contributed by atoms with E-state index in [4.69, 9.17) is 4.74 Å². The van der Waals surface area contributed by atoms with Gasteiger partial charge in [0, 0.05) is 17.7 Å². The fraction of sp³-hybridized carbons (Fsp3) is 0.316. The summed E-state index contributed by atoms with van der Waals surface area (Å²) in [5.41, 5.74) is 4.65. The van der Waals surface area contributed by atoms with Crippen molar-refractivity contribution in [2.75, 3.05) is 12.1 Å². The van der Waals surface area contributed by atoms with Gasteiger partial charge in [-0.05, 0) is 31.0 Å². The summed E-state index contributed by atoms with van der Waals surface area (Å²) < 4.78 is 19.4. The average Bonchev–Trinajstić information content (AvgIpc) is 2.98. The van der Waals surface area contributed by atoms with Crippen molar-refractivity contribution in [2.24, 2.45) is 5.92 Å². The van der Waals surface area contributed by atoms with Crippen LogP contribution in [0.4, 0.5) is 10.1 Å². The van der Waals surface area contributed by atoms with Gasteiger partial charge in [0.1, 0.15) is 11.6 Å². The van der Waals surface area contributed by atoms with Gasteiger partial charge in [-0.15, -0.1) is 0 Å². The Hall–Kier alpha value is -2.44. The maximum absolute atomic E-state index is 14.4. The minimum atomic E-state index is -0.292. The van der Waals surface area contributed by atoms with Gasteiger partial charge in [0.05, 0.1) is 24.9 Å². The van der Waals surface area contributed by atoms with Gasteiger partial charge in [-0.3, -0.25) is 10.1 Å². The van der Waals surface area contributed by atoms with Crippen LogP contribution in [0.15, 0.2) is 48.5 Å². The highest BCUT2D eigenvalue weighted by atomic mass is 19.1. The van der Waals surface area contributed by atoms with Crippen molar-refractivity contribution in [3.63, 3.8) is 0 Å². The van der Waals surface area contributed by atoms with E-state index in [0.29, 0.717) is 24.2 Å². The SMILES string of the molecule is COc1ccc(C2CCC3C(=O)N(c4ccccc4)NC3N2)c(F)c1. The number of ether oxygens (including phenoxy) is 1. The Labute approximate surface area is 145 Å². The summed E-state index contributed by atoms with van der Waals surface area (Å²) in [6.45, 7) is 0. The Bertz CT molecular complexity index is 783. The molecule has 2 aliphatic heterocycles. The van der Waals surface area contributed by atoms with Gasteiger partial charge in [-0.2, -0.15) is 0 Å². The highest BCUT2D eigenvalue weighted by Gasteiger charge is 2.44. The van der Waals surface area contributed by atoms with Crippen molar-refractivity contribution in [1.82, 2.24) is 10.7 Å². The zero-order chi connectivity index (χ0) is 17.4.